The van der Waals surface area contributed by atoms with Gasteiger partial charge in [-0.2, -0.15) is 0 Å². The number of nitrogens with zero attached hydrogens (tertiary/aromatic N) is 1. The van der Waals surface area contributed by atoms with Gasteiger partial charge >= 0.3 is 0 Å². The summed E-state index contributed by atoms with van der Waals surface area (Å²) >= 11 is 0. The summed E-state index contributed by atoms with van der Waals surface area (Å²) in [6.07, 6.45) is 3.93. The predicted molar refractivity (Wildman–Crippen MR) is 97.3 cm³/mol. The molecule has 0 saturated carbocycles. The molecule has 3 rings (SSSR count). The average Bonchev–Trinajstić information content (AvgIpc) is 3.06. The van der Waals surface area contributed by atoms with Crippen molar-refractivity contribution in [2.45, 2.75) is 6.92 Å². The van der Waals surface area contributed by atoms with Crippen molar-refractivity contribution in [3.05, 3.63) is 60.4 Å². The molecule has 0 aliphatic rings. The average molecular weight is 320 g/mol. The maximum Gasteiger partial charge on any atom is 0.130 e. The van der Waals surface area contributed by atoms with Crippen LogP contribution in [0.2, 0.25) is 0 Å². The van der Waals surface area contributed by atoms with E-state index in [1.807, 2.05) is 67.6 Å². The number of rotatable bonds is 5. The molecule has 4 nitrogen and oxygen atoms in total. The first-order chi connectivity index (χ1) is 11.7. The van der Waals surface area contributed by atoms with Gasteiger partial charge in [-0.05, 0) is 61.5 Å². The molecule has 1 aromatic heterocycles. The molecular formula is C20H20N2O2. The molecule has 3 aromatic rings. The highest BCUT2D eigenvalue weighted by atomic mass is 16.5. The predicted octanol–water partition coefficient (Wildman–Crippen LogP) is 4.79. The van der Waals surface area contributed by atoms with E-state index < -0.39 is 0 Å². The third-order valence-electron chi connectivity index (χ3n) is 3.79. The summed E-state index contributed by atoms with van der Waals surface area (Å²) in [7, 11) is 3.33. The lowest BCUT2D eigenvalue weighted by molar-refractivity contribution is 0.414. The number of ether oxygens (including phenoxy) is 2. The number of H-pyrrole nitrogens is 1. The van der Waals surface area contributed by atoms with Crippen LogP contribution in [0.5, 0.6) is 11.5 Å². The molecule has 0 spiro atoms. The minimum absolute atomic E-state index is 0.828. The van der Waals surface area contributed by atoms with E-state index in [1.165, 1.54) is 0 Å². The monoisotopic (exact) mass is 320 g/mol. The van der Waals surface area contributed by atoms with Gasteiger partial charge in [-0.1, -0.05) is 6.08 Å². The van der Waals surface area contributed by atoms with Crippen molar-refractivity contribution in [2.75, 3.05) is 14.2 Å². The SMILES string of the molecule is C/C=C\c1nc(-c2ccc(OC)cc2)c(-c2ccc(OC)cc2)[nH]1. The Bertz CT molecular complexity index is 766. The topological polar surface area (TPSA) is 47.1 Å². The van der Waals surface area contributed by atoms with Crippen LogP contribution in [0.1, 0.15) is 12.7 Å². The maximum atomic E-state index is 5.24. The van der Waals surface area contributed by atoms with Crippen LogP contribution in [0.4, 0.5) is 0 Å². The molecule has 122 valence electrons. The van der Waals surface area contributed by atoms with Gasteiger partial charge < -0.3 is 14.5 Å². The van der Waals surface area contributed by atoms with E-state index in [9.17, 15) is 0 Å². The Balaban J connectivity index is 2.09. The number of hydrogen-bond acceptors (Lipinski definition) is 3. The summed E-state index contributed by atoms with van der Waals surface area (Å²) in [6.45, 7) is 1.97. The van der Waals surface area contributed by atoms with Gasteiger partial charge in [-0.15, -0.1) is 0 Å². The summed E-state index contributed by atoms with van der Waals surface area (Å²) in [4.78, 5) is 8.12. The minimum atomic E-state index is 0.828. The van der Waals surface area contributed by atoms with Gasteiger partial charge in [-0.25, -0.2) is 4.98 Å². The van der Waals surface area contributed by atoms with Gasteiger partial charge in [0.15, 0.2) is 0 Å². The minimum Gasteiger partial charge on any atom is -0.497 e. The molecule has 0 saturated heterocycles. The van der Waals surface area contributed by atoms with Gasteiger partial charge in [0.1, 0.15) is 17.3 Å². The summed E-state index contributed by atoms with van der Waals surface area (Å²) in [5.74, 6) is 2.49. The fourth-order valence-electron chi connectivity index (χ4n) is 2.55. The second-order valence-electron chi connectivity index (χ2n) is 5.30. The highest BCUT2D eigenvalue weighted by Crippen LogP contribution is 2.32. The molecule has 2 aromatic carbocycles. The van der Waals surface area contributed by atoms with Crippen LogP contribution in [0.15, 0.2) is 54.6 Å². The van der Waals surface area contributed by atoms with Crippen LogP contribution in [0.3, 0.4) is 0 Å². The molecule has 0 aliphatic carbocycles. The summed E-state index contributed by atoms with van der Waals surface area (Å²) in [5.41, 5.74) is 3.99. The molecule has 1 heterocycles. The molecule has 1 N–H and O–H groups in total. The molecule has 0 atom stereocenters. The molecule has 0 bridgehead atoms. The Morgan fingerprint density at radius 1 is 0.833 bits per heavy atom. The lowest BCUT2D eigenvalue weighted by Crippen LogP contribution is -1.87. The Morgan fingerprint density at radius 2 is 1.38 bits per heavy atom. The van der Waals surface area contributed by atoms with Crippen LogP contribution in [-0.4, -0.2) is 24.2 Å². The Hall–Kier alpha value is -3.01. The van der Waals surface area contributed by atoms with Crippen molar-refractivity contribution in [1.29, 1.82) is 0 Å². The number of nitrogens with one attached hydrogen (secondary N) is 1. The van der Waals surface area contributed by atoms with E-state index in [2.05, 4.69) is 4.98 Å². The zero-order chi connectivity index (χ0) is 16.9. The fraction of sp³-hybridized carbons (Fsp3) is 0.150. The lowest BCUT2D eigenvalue weighted by Gasteiger charge is -2.06. The highest BCUT2D eigenvalue weighted by molar-refractivity contribution is 5.80. The molecule has 0 unspecified atom stereocenters. The van der Waals surface area contributed by atoms with Gasteiger partial charge in [-0.3, -0.25) is 0 Å². The van der Waals surface area contributed by atoms with E-state index in [0.717, 1.165) is 39.8 Å². The Morgan fingerprint density at radius 3 is 1.88 bits per heavy atom. The van der Waals surface area contributed by atoms with Crippen molar-refractivity contribution in [3.8, 4) is 34.0 Å². The van der Waals surface area contributed by atoms with Crippen LogP contribution < -0.4 is 9.47 Å². The number of hydrogen-bond donors (Lipinski definition) is 1. The van der Waals surface area contributed by atoms with Crippen LogP contribution in [-0.2, 0) is 0 Å². The molecule has 0 fully saturated rings. The van der Waals surface area contributed by atoms with Crippen molar-refractivity contribution < 1.29 is 9.47 Å². The van der Waals surface area contributed by atoms with E-state index >= 15 is 0 Å². The number of methoxy groups -OCH3 is 2. The summed E-state index contributed by atoms with van der Waals surface area (Å²) in [6, 6.07) is 15.9. The van der Waals surface area contributed by atoms with Crippen molar-refractivity contribution >= 4 is 6.08 Å². The third-order valence-corrected chi connectivity index (χ3v) is 3.79. The molecule has 4 heteroatoms. The summed E-state index contributed by atoms with van der Waals surface area (Å²) in [5, 5.41) is 0. The third kappa shape index (κ3) is 3.18. The number of aromatic nitrogens is 2. The van der Waals surface area contributed by atoms with Gasteiger partial charge in [0.05, 0.1) is 25.6 Å². The van der Waals surface area contributed by atoms with Crippen molar-refractivity contribution in [1.82, 2.24) is 9.97 Å². The standard InChI is InChI=1S/C20H20N2O2/c1-4-5-18-21-19(14-6-10-16(23-2)11-7-14)20(22-18)15-8-12-17(24-3)13-9-15/h4-13H,1-3H3,(H,21,22)/b5-4-. The molecule has 0 radical (unpaired) electrons. The first-order valence-corrected chi connectivity index (χ1v) is 7.76. The van der Waals surface area contributed by atoms with Gasteiger partial charge in [0.2, 0.25) is 0 Å². The zero-order valence-corrected chi connectivity index (χ0v) is 14.0. The summed E-state index contributed by atoms with van der Waals surface area (Å²) < 4.78 is 10.5. The van der Waals surface area contributed by atoms with E-state index in [0.29, 0.717) is 0 Å². The molecular weight excluding hydrogens is 300 g/mol. The highest BCUT2D eigenvalue weighted by Gasteiger charge is 2.13. The van der Waals surface area contributed by atoms with Crippen molar-refractivity contribution in [2.24, 2.45) is 0 Å². The van der Waals surface area contributed by atoms with Crippen LogP contribution in [0, 0.1) is 0 Å². The fourth-order valence-corrected chi connectivity index (χ4v) is 2.55. The Kier molecular flexibility index (Phi) is 4.66. The smallest absolute Gasteiger partial charge is 0.130 e. The normalized spacial score (nSPS) is 11.0. The largest absolute Gasteiger partial charge is 0.497 e. The number of imidazole rings is 1. The maximum absolute atomic E-state index is 5.24. The quantitative estimate of drug-likeness (QED) is 0.735. The zero-order valence-electron chi connectivity index (χ0n) is 14.0. The second kappa shape index (κ2) is 7.04. The van der Waals surface area contributed by atoms with Crippen LogP contribution in [0.25, 0.3) is 28.6 Å². The van der Waals surface area contributed by atoms with E-state index in [1.54, 1.807) is 14.2 Å². The number of allylic oxidation sites excluding steroid dienone is 1. The Labute approximate surface area is 141 Å². The van der Waals surface area contributed by atoms with E-state index in [4.69, 9.17) is 14.5 Å². The second-order valence-corrected chi connectivity index (χ2v) is 5.30. The van der Waals surface area contributed by atoms with Gasteiger partial charge in [0, 0.05) is 11.1 Å². The number of aromatic amines is 1. The molecule has 0 amide bonds. The van der Waals surface area contributed by atoms with Crippen LogP contribution >= 0.6 is 0 Å². The van der Waals surface area contributed by atoms with Gasteiger partial charge in [0.25, 0.3) is 0 Å². The molecule has 0 aliphatic heterocycles. The first-order valence-electron chi connectivity index (χ1n) is 7.76. The molecule has 24 heavy (non-hydrogen) atoms. The van der Waals surface area contributed by atoms with Crippen molar-refractivity contribution in [3.63, 3.8) is 0 Å². The lowest BCUT2D eigenvalue weighted by atomic mass is 10.0. The van der Waals surface area contributed by atoms with E-state index in [-0.39, 0.29) is 0 Å². The first kappa shape index (κ1) is 15.9. The number of benzene rings is 2.